The first-order valence-electron chi connectivity index (χ1n) is 10.6. The summed E-state index contributed by atoms with van der Waals surface area (Å²) in [5.74, 6) is -0.625. The predicted octanol–water partition coefficient (Wildman–Crippen LogP) is 3.77. The van der Waals surface area contributed by atoms with E-state index in [0.29, 0.717) is 30.8 Å². The second-order valence-corrected chi connectivity index (χ2v) is 7.27. The van der Waals surface area contributed by atoms with Crippen LogP contribution in [0.1, 0.15) is 49.7 Å². The number of hydrogen-bond donors (Lipinski definition) is 0. The second-order valence-electron chi connectivity index (χ2n) is 7.27. The van der Waals surface area contributed by atoms with Gasteiger partial charge in [0.15, 0.2) is 0 Å². The minimum atomic E-state index is -0.401. The Labute approximate surface area is 192 Å². The van der Waals surface area contributed by atoms with Crippen molar-refractivity contribution in [3.63, 3.8) is 0 Å². The van der Waals surface area contributed by atoms with Crippen molar-refractivity contribution in [3.05, 3.63) is 59.7 Å². The highest BCUT2D eigenvalue weighted by atomic mass is 16.5. The van der Waals surface area contributed by atoms with Crippen molar-refractivity contribution >= 4 is 23.9 Å². The van der Waals surface area contributed by atoms with Gasteiger partial charge in [-0.1, -0.05) is 24.3 Å². The topological polar surface area (TPSA) is 105 Å². The smallest absolute Gasteiger partial charge is 0.311 e. The molecule has 176 valence electrons. The summed E-state index contributed by atoms with van der Waals surface area (Å²) in [5, 5.41) is 0. The Kier molecular flexibility index (Phi) is 10.6. The van der Waals surface area contributed by atoms with Gasteiger partial charge in [-0.05, 0) is 54.7 Å². The lowest BCUT2D eigenvalue weighted by atomic mass is 10.0. The summed E-state index contributed by atoms with van der Waals surface area (Å²) in [6.07, 6.45) is 2.04. The molecule has 0 saturated carbocycles. The predicted molar refractivity (Wildman–Crippen MR) is 119 cm³/mol. The number of carbonyl (C=O) groups excluding carboxylic acids is 4. The van der Waals surface area contributed by atoms with Crippen LogP contribution in [0.5, 0.6) is 11.5 Å². The van der Waals surface area contributed by atoms with E-state index in [4.69, 9.17) is 9.47 Å². The van der Waals surface area contributed by atoms with Crippen LogP contribution in [-0.4, -0.2) is 38.1 Å². The van der Waals surface area contributed by atoms with E-state index in [9.17, 15) is 19.2 Å². The summed E-state index contributed by atoms with van der Waals surface area (Å²) in [4.78, 5) is 45.8. The third-order valence-electron chi connectivity index (χ3n) is 4.70. The highest BCUT2D eigenvalue weighted by molar-refractivity contribution is 5.75. The van der Waals surface area contributed by atoms with Gasteiger partial charge in [0.2, 0.25) is 0 Å². The van der Waals surface area contributed by atoms with Crippen LogP contribution in [0, 0.1) is 0 Å². The van der Waals surface area contributed by atoms with Crippen LogP contribution < -0.4 is 9.47 Å². The summed E-state index contributed by atoms with van der Waals surface area (Å²) in [6.45, 7) is 0. The van der Waals surface area contributed by atoms with Gasteiger partial charge in [0, 0.05) is 25.7 Å². The van der Waals surface area contributed by atoms with Crippen LogP contribution in [0.15, 0.2) is 48.5 Å². The van der Waals surface area contributed by atoms with Gasteiger partial charge in [0.25, 0.3) is 0 Å². The van der Waals surface area contributed by atoms with Crippen molar-refractivity contribution in [1.29, 1.82) is 0 Å². The fourth-order valence-electron chi connectivity index (χ4n) is 2.91. The molecule has 0 aromatic heterocycles. The Morgan fingerprint density at radius 1 is 0.545 bits per heavy atom. The number of carbonyl (C=O) groups is 4. The maximum Gasteiger partial charge on any atom is 0.311 e. The zero-order chi connectivity index (χ0) is 24.1. The van der Waals surface area contributed by atoms with Gasteiger partial charge in [-0.2, -0.15) is 0 Å². The highest BCUT2D eigenvalue weighted by Crippen LogP contribution is 2.19. The molecule has 0 amide bonds. The first-order valence-corrected chi connectivity index (χ1v) is 10.6. The Balaban J connectivity index is 1.77. The molecule has 0 fully saturated rings. The molecule has 0 unspecified atom stereocenters. The molecule has 0 spiro atoms. The lowest BCUT2D eigenvalue weighted by Gasteiger charge is -2.07. The number of ether oxygens (including phenoxy) is 4. The first kappa shape index (κ1) is 25.6. The molecule has 0 N–H and O–H groups in total. The average molecular weight is 456 g/mol. The SMILES string of the molecule is COC(=O)CCCC(=O)Oc1ccc(Cc2ccc(OC(=O)CCCC(=O)OC)cc2)cc1. The standard InChI is InChI=1S/C25H28O8/c1-30-22(26)5-3-7-24(28)32-20-13-9-18(10-14-20)17-19-11-15-21(16-12-19)33-25(29)8-4-6-23(27)31-2/h9-16H,3-8,17H2,1-2H3. The van der Waals surface area contributed by atoms with E-state index in [1.165, 1.54) is 14.2 Å². The Morgan fingerprint density at radius 3 is 1.21 bits per heavy atom. The van der Waals surface area contributed by atoms with Gasteiger partial charge in [-0.3, -0.25) is 19.2 Å². The molecule has 0 radical (unpaired) electrons. The molecule has 8 nitrogen and oxygen atoms in total. The summed E-state index contributed by atoms with van der Waals surface area (Å²) >= 11 is 0. The molecule has 0 saturated heterocycles. The minimum absolute atomic E-state index is 0.138. The molecule has 33 heavy (non-hydrogen) atoms. The molecule has 0 bridgehead atoms. The molecule has 0 heterocycles. The second kappa shape index (κ2) is 13.7. The van der Waals surface area contributed by atoms with E-state index in [1.807, 2.05) is 24.3 Å². The molecule has 2 aromatic carbocycles. The van der Waals surface area contributed by atoms with Crippen LogP contribution in [-0.2, 0) is 35.1 Å². The van der Waals surface area contributed by atoms with Crippen molar-refractivity contribution in [2.45, 2.75) is 44.9 Å². The van der Waals surface area contributed by atoms with Crippen LogP contribution in [0.2, 0.25) is 0 Å². The van der Waals surface area contributed by atoms with Gasteiger partial charge in [-0.15, -0.1) is 0 Å². The number of esters is 4. The Bertz CT molecular complexity index is 854. The van der Waals surface area contributed by atoms with Crippen molar-refractivity contribution in [2.75, 3.05) is 14.2 Å². The van der Waals surface area contributed by atoms with E-state index < -0.39 is 11.9 Å². The van der Waals surface area contributed by atoms with E-state index in [2.05, 4.69) is 9.47 Å². The van der Waals surface area contributed by atoms with Crippen molar-refractivity contribution in [1.82, 2.24) is 0 Å². The van der Waals surface area contributed by atoms with Gasteiger partial charge in [-0.25, -0.2) is 0 Å². The van der Waals surface area contributed by atoms with Gasteiger partial charge < -0.3 is 18.9 Å². The van der Waals surface area contributed by atoms with Gasteiger partial charge in [0.1, 0.15) is 11.5 Å². The Hall–Kier alpha value is -3.68. The number of rotatable bonds is 12. The monoisotopic (exact) mass is 456 g/mol. The highest BCUT2D eigenvalue weighted by Gasteiger charge is 2.09. The molecule has 0 aliphatic heterocycles. The largest absolute Gasteiger partial charge is 0.469 e. The van der Waals surface area contributed by atoms with Crippen molar-refractivity contribution in [3.8, 4) is 11.5 Å². The summed E-state index contributed by atoms with van der Waals surface area (Å²) in [7, 11) is 2.62. The molecule has 0 aliphatic rings. The third kappa shape index (κ3) is 9.99. The maximum absolute atomic E-state index is 11.8. The zero-order valence-corrected chi connectivity index (χ0v) is 18.8. The maximum atomic E-state index is 11.8. The Morgan fingerprint density at radius 2 is 0.879 bits per heavy atom. The molecular weight excluding hydrogens is 428 g/mol. The molecule has 0 atom stereocenters. The van der Waals surface area contributed by atoms with Gasteiger partial charge >= 0.3 is 23.9 Å². The fourth-order valence-corrected chi connectivity index (χ4v) is 2.91. The van der Waals surface area contributed by atoms with Gasteiger partial charge in [0.05, 0.1) is 14.2 Å². The van der Waals surface area contributed by atoms with Crippen LogP contribution in [0.3, 0.4) is 0 Å². The fraction of sp³-hybridized carbons (Fsp3) is 0.360. The average Bonchev–Trinajstić information content (AvgIpc) is 2.81. The van der Waals surface area contributed by atoms with E-state index in [1.54, 1.807) is 24.3 Å². The van der Waals surface area contributed by atoms with Crippen LogP contribution in [0.25, 0.3) is 0 Å². The van der Waals surface area contributed by atoms with Crippen molar-refractivity contribution in [2.24, 2.45) is 0 Å². The summed E-state index contributed by atoms with van der Waals surface area (Å²) in [5.41, 5.74) is 2.04. The zero-order valence-electron chi connectivity index (χ0n) is 18.8. The normalized spacial score (nSPS) is 10.2. The number of methoxy groups -OCH3 is 2. The van der Waals surface area contributed by atoms with E-state index in [-0.39, 0.29) is 37.6 Å². The molecule has 0 aliphatic carbocycles. The summed E-state index contributed by atoms with van der Waals surface area (Å²) in [6, 6.07) is 14.4. The van der Waals surface area contributed by atoms with E-state index >= 15 is 0 Å². The number of benzene rings is 2. The molecular formula is C25H28O8. The van der Waals surface area contributed by atoms with Crippen molar-refractivity contribution < 1.29 is 38.1 Å². The lowest BCUT2D eigenvalue weighted by molar-refractivity contribution is -0.142. The lowest BCUT2D eigenvalue weighted by Crippen LogP contribution is -2.09. The third-order valence-corrected chi connectivity index (χ3v) is 4.70. The molecule has 2 aromatic rings. The quantitative estimate of drug-likeness (QED) is 0.351. The van der Waals surface area contributed by atoms with Crippen LogP contribution in [0.4, 0.5) is 0 Å². The van der Waals surface area contributed by atoms with Crippen LogP contribution >= 0.6 is 0 Å². The molecule has 2 rings (SSSR count). The summed E-state index contributed by atoms with van der Waals surface area (Å²) < 4.78 is 19.6. The minimum Gasteiger partial charge on any atom is -0.469 e. The van der Waals surface area contributed by atoms with E-state index in [0.717, 1.165) is 11.1 Å². The molecule has 8 heteroatoms. The first-order chi connectivity index (χ1) is 15.9. The number of hydrogen-bond acceptors (Lipinski definition) is 8.